The van der Waals surface area contributed by atoms with Gasteiger partial charge in [-0.15, -0.1) is 0 Å². The average Bonchev–Trinajstić information content (AvgIpc) is 3.44. The molecule has 0 radical (unpaired) electrons. The van der Waals surface area contributed by atoms with Crippen LogP contribution in [0, 0.1) is 12.8 Å². The summed E-state index contributed by atoms with van der Waals surface area (Å²) in [5.74, 6) is -1.57. The number of carbonyl (C=O) groups is 2. The van der Waals surface area contributed by atoms with E-state index in [1.807, 2.05) is 9.58 Å². The number of fused-ring (bicyclic) bond motifs is 3. The molecule has 0 bridgehead atoms. The number of amides is 2. The van der Waals surface area contributed by atoms with E-state index in [9.17, 15) is 22.8 Å². The summed E-state index contributed by atoms with van der Waals surface area (Å²) in [5, 5.41) is 5.25. The number of rotatable bonds is 3. The van der Waals surface area contributed by atoms with Crippen molar-refractivity contribution in [3.63, 3.8) is 0 Å². The molecule has 0 N–H and O–H groups in total. The van der Waals surface area contributed by atoms with Crippen LogP contribution in [0.2, 0.25) is 5.02 Å². The summed E-state index contributed by atoms with van der Waals surface area (Å²) >= 11 is 6.73. The van der Waals surface area contributed by atoms with Gasteiger partial charge in [0.1, 0.15) is 11.9 Å². The third-order valence-electron chi connectivity index (χ3n) is 8.02. The number of nitrogens with zero attached hydrogens (tertiary/aromatic N) is 7. The standard InChI is InChI=1S/C28H29ClF3N7O2/c1-16-9-18(28(30,31)32)11-23(33-16)39-24(40)10-17-13-37(14-19-12-20-15-35(2)7-8-38(20)34-19)26-21(29)5-4-6-22(26)36(3)27(41)25(17)39/h4-6,9,11-12,17,25H,7-8,10,13-15H2,1-3H3/t17-,25+/m1/s1. The smallest absolute Gasteiger partial charge is 0.362 e. The second-order valence-corrected chi connectivity index (χ2v) is 11.4. The number of hydrogen-bond donors (Lipinski definition) is 0. The summed E-state index contributed by atoms with van der Waals surface area (Å²) < 4.78 is 43.0. The van der Waals surface area contributed by atoms with Crippen molar-refractivity contribution in [2.45, 2.75) is 45.2 Å². The van der Waals surface area contributed by atoms with E-state index in [0.29, 0.717) is 22.9 Å². The van der Waals surface area contributed by atoms with E-state index in [0.717, 1.165) is 48.1 Å². The lowest BCUT2D eigenvalue weighted by atomic mass is 9.95. The molecule has 3 aliphatic rings. The van der Waals surface area contributed by atoms with Crippen molar-refractivity contribution in [1.82, 2.24) is 19.7 Å². The van der Waals surface area contributed by atoms with Crippen LogP contribution in [0.4, 0.5) is 30.4 Å². The number of likely N-dealkylation sites (N-methyl/N-ethyl adjacent to an activating group) is 2. The highest BCUT2D eigenvalue weighted by atomic mass is 35.5. The van der Waals surface area contributed by atoms with Crippen LogP contribution in [-0.2, 0) is 35.4 Å². The molecule has 9 nitrogen and oxygen atoms in total. The molecule has 0 unspecified atom stereocenters. The normalized spacial score (nSPS) is 21.5. The predicted molar refractivity (Wildman–Crippen MR) is 148 cm³/mol. The first-order valence-corrected chi connectivity index (χ1v) is 13.7. The third kappa shape index (κ3) is 4.93. The van der Waals surface area contributed by atoms with E-state index in [1.165, 1.54) is 11.8 Å². The van der Waals surface area contributed by atoms with Crippen LogP contribution in [-0.4, -0.2) is 64.7 Å². The summed E-state index contributed by atoms with van der Waals surface area (Å²) in [7, 11) is 3.65. The number of aryl methyl sites for hydroxylation is 1. The van der Waals surface area contributed by atoms with Gasteiger partial charge < -0.3 is 9.80 Å². The monoisotopic (exact) mass is 587 g/mol. The SMILES string of the molecule is Cc1cc(C(F)(F)F)cc(N2C(=O)C[C@@H]3CN(Cc4cc5n(n4)CCN(C)C5)c4c(Cl)cccc4N(C)C(=O)[C@H]32)n1. The second kappa shape index (κ2) is 10.0. The molecule has 1 saturated heterocycles. The van der Waals surface area contributed by atoms with Gasteiger partial charge in [-0.1, -0.05) is 17.7 Å². The fourth-order valence-electron chi connectivity index (χ4n) is 6.14. The van der Waals surface area contributed by atoms with Crippen molar-refractivity contribution in [2.75, 3.05) is 41.9 Å². The molecular weight excluding hydrogens is 559 g/mol. The maximum atomic E-state index is 14.0. The van der Waals surface area contributed by atoms with Crippen LogP contribution >= 0.6 is 11.6 Å². The Hall–Kier alpha value is -3.64. The van der Waals surface area contributed by atoms with Crippen molar-refractivity contribution in [3.8, 4) is 0 Å². The molecule has 216 valence electrons. The number of anilines is 3. The Morgan fingerprint density at radius 2 is 1.88 bits per heavy atom. The first-order chi connectivity index (χ1) is 19.4. The Bertz CT molecular complexity index is 1540. The molecule has 2 aromatic heterocycles. The van der Waals surface area contributed by atoms with Crippen LogP contribution in [0.5, 0.6) is 0 Å². The Balaban J connectivity index is 1.42. The summed E-state index contributed by atoms with van der Waals surface area (Å²) in [6.45, 7) is 4.52. The number of alkyl halides is 3. The molecule has 0 spiro atoms. The minimum Gasteiger partial charge on any atom is -0.362 e. The number of para-hydroxylation sites is 1. The number of halogens is 4. The van der Waals surface area contributed by atoms with Gasteiger partial charge in [0.15, 0.2) is 0 Å². The lowest BCUT2D eigenvalue weighted by molar-refractivity contribution is -0.137. The first-order valence-electron chi connectivity index (χ1n) is 13.3. The fraction of sp³-hybridized carbons (Fsp3) is 0.429. The van der Waals surface area contributed by atoms with E-state index in [1.54, 1.807) is 25.2 Å². The van der Waals surface area contributed by atoms with Crippen molar-refractivity contribution in [2.24, 2.45) is 5.92 Å². The molecule has 0 saturated carbocycles. The fourth-order valence-corrected chi connectivity index (χ4v) is 6.43. The summed E-state index contributed by atoms with van der Waals surface area (Å²) in [6.07, 6.45) is -4.65. The molecule has 2 amide bonds. The van der Waals surface area contributed by atoms with Gasteiger partial charge in [-0.2, -0.15) is 18.3 Å². The highest BCUT2D eigenvalue weighted by Gasteiger charge is 2.49. The molecule has 5 heterocycles. The van der Waals surface area contributed by atoms with Gasteiger partial charge >= 0.3 is 6.18 Å². The van der Waals surface area contributed by atoms with Gasteiger partial charge in [-0.25, -0.2) is 4.98 Å². The molecule has 0 aliphatic carbocycles. The predicted octanol–water partition coefficient (Wildman–Crippen LogP) is 4.11. The van der Waals surface area contributed by atoms with Crippen molar-refractivity contribution in [3.05, 3.63) is 64.1 Å². The highest BCUT2D eigenvalue weighted by Crippen LogP contribution is 2.43. The van der Waals surface area contributed by atoms with Crippen molar-refractivity contribution in [1.29, 1.82) is 0 Å². The molecule has 6 rings (SSSR count). The van der Waals surface area contributed by atoms with E-state index >= 15 is 0 Å². The summed E-state index contributed by atoms with van der Waals surface area (Å²) in [4.78, 5) is 38.5. The van der Waals surface area contributed by atoms with Crippen molar-refractivity contribution >= 4 is 40.6 Å². The van der Waals surface area contributed by atoms with Gasteiger partial charge in [0.25, 0.3) is 0 Å². The topological polar surface area (TPSA) is 77.8 Å². The molecule has 2 atom stereocenters. The van der Waals surface area contributed by atoms with E-state index in [2.05, 4.69) is 23.0 Å². The molecule has 1 aromatic carbocycles. The second-order valence-electron chi connectivity index (χ2n) is 11.0. The average molecular weight is 588 g/mol. The molecular formula is C28H29ClF3N7O2. The van der Waals surface area contributed by atoms with Crippen LogP contribution < -0.4 is 14.7 Å². The van der Waals surface area contributed by atoms with Crippen LogP contribution in [0.1, 0.15) is 29.1 Å². The van der Waals surface area contributed by atoms with Crippen molar-refractivity contribution < 1.29 is 22.8 Å². The number of pyridine rings is 1. The van der Waals surface area contributed by atoms with Gasteiger partial charge in [0.2, 0.25) is 11.8 Å². The zero-order valence-corrected chi connectivity index (χ0v) is 23.6. The van der Waals surface area contributed by atoms with Gasteiger partial charge in [0, 0.05) is 44.7 Å². The largest absolute Gasteiger partial charge is 0.416 e. The first kappa shape index (κ1) is 27.5. The lowest BCUT2D eigenvalue weighted by Crippen LogP contribution is -2.52. The highest BCUT2D eigenvalue weighted by molar-refractivity contribution is 6.34. The van der Waals surface area contributed by atoms with Crippen LogP contribution in [0.3, 0.4) is 0 Å². The quantitative estimate of drug-likeness (QED) is 0.459. The Morgan fingerprint density at radius 1 is 1.10 bits per heavy atom. The van der Waals surface area contributed by atoms with Gasteiger partial charge in [0.05, 0.1) is 46.4 Å². The van der Waals surface area contributed by atoms with E-state index in [4.69, 9.17) is 16.7 Å². The Kier molecular flexibility index (Phi) is 6.73. The van der Waals surface area contributed by atoms with Gasteiger partial charge in [-0.3, -0.25) is 24.1 Å². The summed E-state index contributed by atoms with van der Waals surface area (Å²) in [5.41, 5.74) is 2.28. The Labute approximate surface area is 240 Å². The molecule has 41 heavy (non-hydrogen) atoms. The lowest BCUT2D eigenvalue weighted by Gasteiger charge is -2.39. The number of carbonyl (C=O) groups excluding carboxylic acids is 2. The molecule has 13 heteroatoms. The number of hydrogen-bond acceptors (Lipinski definition) is 6. The van der Waals surface area contributed by atoms with E-state index < -0.39 is 35.5 Å². The summed E-state index contributed by atoms with van der Waals surface area (Å²) in [6, 6.07) is 8.04. The Morgan fingerprint density at radius 3 is 2.63 bits per heavy atom. The van der Waals surface area contributed by atoms with Crippen LogP contribution in [0.25, 0.3) is 0 Å². The third-order valence-corrected chi connectivity index (χ3v) is 8.32. The zero-order valence-electron chi connectivity index (χ0n) is 22.8. The minimum absolute atomic E-state index is 0.0258. The zero-order chi connectivity index (χ0) is 29.2. The van der Waals surface area contributed by atoms with Crippen LogP contribution in [0.15, 0.2) is 36.4 Å². The van der Waals surface area contributed by atoms with Gasteiger partial charge in [-0.05, 0) is 44.3 Å². The molecule has 3 aromatic rings. The maximum Gasteiger partial charge on any atom is 0.416 e. The number of benzene rings is 1. The maximum absolute atomic E-state index is 14.0. The van der Waals surface area contributed by atoms with E-state index in [-0.39, 0.29) is 24.5 Å². The minimum atomic E-state index is -4.63. The molecule has 1 fully saturated rings. The number of aromatic nitrogens is 3. The molecule has 3 aliphatic heterocycles.